The molecule has 1 atom stereocenters. The highest BCUT2D eigenvalue weighted by Gasteiger charge is 2.39. The molecule has 0 saturated heterocycles. The van der Waals surface area contributed by atoms with Crippen molar-refractivity contribution in [3.8, 4) is 0 Å². The van der Waals surface area contributed by atoms with Crippen molar-refractivity contribution in [3.05, 3.63) is 12.3 Å². The van der Waals surface area contributed by atoms with Gasteiger partial charge < -0.3 is 0 Å². The van der Waals surface area contributed by atoms with E-state index in [1.165, 1.54) is 0 Å². The lowest BCUT2D eigenvalue weighted by Gasteiger charge is -2.50. The van der Waals surface area contributed by atoms with Crippen molar-refractivity contribution in [3.63, 3.8) is 0 Å². The predicted octanol–water partition coefficient (Wildman–Crippen LogP) is 2.51. The Balaban J connectivity index is 5.21. The summed E-state index contributed by atoms with van der Waals surface area (Å²) in [6, 6.07) is 0. The first kappa shape index (κ1) is 15.9. The molecule has 1 unspecified atom stereocenters. The van der Waals surface area contributed by atoms with Gasteiger partial charge >= 0.3 is 0 Å². The van der Waals surface area contributed by atoms with Crippen LogP contribution in [0.3, 0.4) is 0 Å². The standard InChI is InChI=1S/C13H30N2Si/c1-8-14(9-2)13(6,16(7)12-5)15(10-3)11-4/h12,16H,5,8-11H2,1-4,6-7H3. The van der Waals surface area contributed by atoms with Crippen molar-refractivity contribution in [2.24, 2.45) is 0 Å². The van der Waals surface area contributed by atoms with E-state index in [2.05, 4.69) is 63.2 Å². The third-order valence-electron chi connectivity index (χ3n) is 4.02. The Morgan fingerprint density at radius 1 is 1.00 bits per heavy atom. The molecule has 0 saturated carbocycles. The maximum atomic E-state index is 4.04. The molecule has 0 aliphatic heterocycles. The molecule has 0 aromatic heterocycles. The van der Waals surface area contributed by atoms with Crippen LogP contribution in [0.25, 0.3) is 0 Å². The molecule has 0 radical (unpaired) electrons. The van der Waals surface area contributed by atoms with Gasteiger partial charge in [0.2, 0.25) is 0 Å². The molecule has 0 aliphatic carbocycles. The van der Waals surface area contributed by atoms with Gasteiger partial charge in [-0.05, 0) is 33.1 Å². The van der Waals surface area contributed by atoms with Gasteiger partial charge in [0.25, 0.3) is 0 Å². The van der Waals surface area contributed by atoms with Crippen LogP contribution in [-0.2, 0) is 0 Å². The van der Waals surface area contributed by atoms with E-state index in [0.29, 0.717) is 0 Å². The van der Waals surface area contributed by atoms with Crippen LogP contribution in [0.5, 0.6) is 0 Å². The molecule has 2 nitrogen and oxygen atoms in total. The molecule has 0 aliphatic rings. The van der Waals surface area contributed by atoms with E-state index >= 15 is 0 Å². The number of rotatable bonds is 8. The number of nitrogens with zero attached hydrogens (tertiary/aromatic N) is 2. The second-order valence-corrected chi connectivity index (χ2v) is 7.61. The topological polar surface area (TPSA) is 6.48 Å². The van der Waals surface area contributed by atoms with E-state index < -0.39 is 8.80 Å². The largest absolute Gasteiger partial charge is 0.289 e. The molecule has 0 rings (SSSR count). The van der Waals surface area contributed by atoms with Crippen LogP contribution < -0.4 is 0 Å². The van der Waals surface area contributed by atoms with Crippen molar-refractivity contribution < 1.29 is 0 Å². The highest BCUT2D eigenvalue weighted by Crippen LogP contribution is 2.24. The summed E-state index contributed by atoms with van der Waals surface area (Å²) in [7, 11) is -0.982. The number of hydrogen-bond donors (Lipinski definition) is 0. The Kier molecular flexibility index (Phi) is 7.20. The molecule has 96 valence electrons. The third kappa shape index (κ3) is 2.96. The Morgan fingerprint density at radius 2 is 1.31 bits per heavy atom. The maximum Gasteiger partial charge on any atom is 0.0985 e. The van der Waals surface area contributed by atoms with Gasteiger partial charge in [-0.2, -0.15) is 0 Å². The van der Waals surface area contributed by atoms with Gasteiger partial charge in [0, 0.05) is 0 Å². The minimum Gasteiger partial charge on any atom is -0.289 e. The Hall–Kier alpha value is -0.123. The maximum absolute atomic E-state index is 4.04. The fourth-order valence-electron chi connectivity index (χ4n) is 2.73. The summed E-state index contributed by atoms with van der Waals surface area (Å²) in [5.74, 6) is 0. The lowest BCUT2D eigenvalue weighted by atomic mass is 10.3. The first-order valence-corrected chi connectivity index (χ1v) is 9.05. The molecule has 0 amide bonds. The highest BCUT2D eigenvalue weighted by molar-refractivity contribution is 6.65. The van der Waals surface area contributed by atoms with Crippen LogP contribution in [-0.4, -0.2) is 50.1 Å². The second-order valence-electron chi connectivity index (χ2n) is 4.46. The van der Waals surface area contributed by atoms with E-state index in [1.807, 2.05) is 0 Å². The van der Waals surface area contributed by atoms with Crippen LogP contribution in [0.4, 0.5) is 0 Å². The second kappa shape index (κ2) is 7.25. The summed E-state index contributed by atoms with van der Waals surface area (Å²) < 4.78 is 0. The van der Waals surface area contributed by atoms with Crippen molar-refractivity contribution >= 4 is 8.80 Å². The molecule has 0 spiro atoms. The zero-order valence-electron chi connectivity index (χ0n) is 12.1. The van der Waals surface area contributed by atoms with E-state index in [0.717, 1.165) is 26.2 Å². The molecule has 0 heterocycles. The molecule has 16 heavy (non-hydrogen) atoms. The molecular weight excluding hydrogens is 212 g/mol. The molecule has 0 fully saturated rings. The molecule has 0 N–H and O–H groups in total. The summed E-state index contributed by atoms with van der Waals surface area (Å²) in [5, 5.41) is 0.231. The Morgan fingerprint density at radius 3 is 1.50 bits per heavy atom. The summed E-state index contributed by atoms with van der Waals surface area (Å²) in [5.41, 5.74) is 2.22. The SMILES string of the molecule is C=C[SiH](C)C(C)(N(CC)CC)N(CC)CC. The van der Waals surface area contributed by atoms with Gasteiger partial charge in [-0.15, -0.1) is 12.3 Å². The van der Waals surface area contributed by atoms with Crippen LogP contribution in [0.1, 0.15) is 34.6 Å². The Labute approximate surface area is 104 Å². The van der Waals surface area contributed by atoms with Crippen LogP contribution in [0.2, 0.25) is 6.55 Å². The van der Waals surface area contributed by atoms with Gasteiger partial charge in [-0.1, -0.05) is 34.2 Å². The van der Waals surface area contributed by atoms with Gasteiger partial charge in [0.1, 0.15) is 0 Å². The first-order valence-electron chi connectivity index (χ1n) is 6.65. The molecular formula is C13H30N2Si. The summed E-state index contributed by atoms with van der Waals surface area (Å²) in [6.45, 7) is 22.4. The zero-order valence-corrected chi connectivity index (χ0v) is 13.2. The highest BCUT2D eigenvalue weighted by atomic mass is 28.3. The van der Waals surface area contributed by atoms with Crippen LogP contribution in [0.15, 0.2) is 12.3 Å². The lowest BCUT2D eigenvalue weighted by molar-refractivity contribution is 0.0280. The van der Waals surface area contributed by atoms with Crippen molar-refractivity contribution in [2.45, 2.75) is 46.5 Å². The van der Waals surface area contributed by atoms with Crippen molar-refractivity contribution in [1.82, 2.24) is 9.80 Å². The fraction of sp³-hybridized carbons (Fsp3) is 0.846. The summed E-state index contributed by atoms with van der Waals surface area (Å²) in [6.07, 6.45) is 0. The third-order valence-corrected chi connectivity index (χ3v) is 7.19. The van der Waals surface area contributed by atoms with E-state index in [-0.39, 0.29) is 5.29 Å². The lowest BCUT2D eigenvalue weighted by Crippen LogP contribution is -2.65. The number of hydrogen-bond acceptors (Lipinski definition) is 2. The first-order chi connectivity index (χ1) is 7.52. The van der Waals surface area contributed by atoms with Gasteiger partial charge in [-0.3, -0.25) is 9.80 Å². The quantitative estimate of drug-likeness (QED) is 0.477. The Bertz CT molecular complexity index is 186. The average Bonchev–Trinajstić information content (AvgIpc) is 2.30. The van der Waals surface area contributed by atoms with Crippen LogP contribution in [0, 0.1) is 0 Å². The van der Waals surface area contributed by atoms with Crippen LogP contribution >= 0.6 is 0 Å². The van der Waals surface area contributed by atoms with Gasteiger partial charge in [-0.25, -0.2) is 0 Å². The van der Waals surface area contributed by atoms with Crippen molar-refractivity contribution in [1.29, 1.82) is 0 Å². The monoisotopic (exact) mass is 242 g/mol. The zero-order chi connectivity index (χ0) is 12.8. The van der Waals surface area contributed by atoms with E-state index in [4.69, 9.17) is 0 Å². The minimum atomic E-state index is -0.982. The summed E-state index contributed by atoms with van der Waals surface area (Å²) in [4.78, 5) is 5.19. The minimum absolute atomic E-state index is 0.231. The normalized spacial score (nSPS) is 14.5. The van der Waals surface area contributed by atoms with E-state index in [1.54, 1.807) is 0 Å². The van der Waals surface area contributed by atoms with E-state index in [9.17, 15) is 0 Å². The van der Waals surface area contributed by atoms with Gasteiger partial charge in [0.15, 0.2) is 0 Å². The molecule has 0 bridgehead atoms. The van der Waals surface area contributed by atoms with Gasteiger partial charge in [0.05, 0.1) is 14.1 Å². The average molecular weight is 242 g/mol. The smallest absolute Gasteiger partial charge is 0.0985 e. The molecule has 0 aromatic rings. The summed E-state index contributed by atoms with van der Waals surface area (Å²) >= 11 is 0. The molecule has 3 heteroatoms. The van der Waals surface area contributed by atoms with Crippen molar-refractivity contribution in [2.75, 3.05) is 26.2 Å². The fourth-order valence-corrected chi connectivity index (χ4v) is 5.06. The predicted molar refractivity (Wildman–Crippen MR) is 77.5 cm³/mol. The molecule has 0 aromatic carbocycles.